The van der Waals surface area contributed by atoms with E-state index >= 15 is 0 Å². The van der Waals surface area contributed by atoms with Gasteiger partial charge in [-0.25, -0.2) is 0 Å². The van der Waals surface area contributed by atoms with Crippen LogP contribution in [0.2, 0.25) is 0 Å². The van der Waals surface area contributed by atoms with Gasteiger partial charge in [-0.3, -0.25) is 9.59 Å². The summed E-state index contributed by atoms with van der Waals surface area (Å²) in [6.07, 6.45) is 0.607. The molecule has 0 unspecified atom stereocenters. The summed E-state index contributed by atoms with van der Waals surface area (Å²) in [6.45, 7) is 10.1. The minimum Gasteiger partial charge on any atom is -0.372 e. The molecule has 0 saturated heterocycles. The van der Waals surface area contributed by atoms with Gasteiger partial charge in [-0.15, -0.1) is 0 Å². The van der Waals surface area contributed by atoms with E-state index in [1.54, 1.807) is 0 Å². The summed E-state index contributed by atoms with van der Waals surface area (Å²) in [7, 11) is 0. The van der Waals surface area contributed by atoms with Crippen molar-refractivity contribution in [2.45, 2.75) is 40.5 Å². The summed E-state index contributed by atoms with van der Waals surface area (Å²) >= 11 is 0. The fraction of sp³-hybridized carbons (Fsp3) is 0.364. The van der Waals surface area contributed by atoms with E-state index in [1.807, 2.05) is 50.2 Å². The van der Waals surface area contributed by atoms with Crippen molar-refractivity contribution < 1.29 is 9.59 Å². The highest BCUT2D eigenvalue weighted by Crippen LogP contribution is 2.23. The molecule has 27 heavy (non-hydrogen) atoms. The molecule has 0 aliphatic rings. The molecule has 0 heterocycles. The number of para-hydroxylation sites is 1. The molecule has 2 aromatic carbocycles. The summed E-state index contributed by atoms with van der Waals surface area (Å²) in [6, 6.07) is 13.6. The van der Waals surface area contributed by atoms with Crippen molar-refractivity contribution >= 4 is 28.9 Å². The average Bonchev–Trinajstić information content (AvgIpc) is 2.65. The molecule has 0 saturated carbocycles. The normalized spacial score (nSPS) is 10.4. The van der Waals surface area contributed by atoms with Gasteiger partial charge < -0.3 is 15.5 Å². The Labute approximate surface area is 161 Å². The molecule has 5 nitrogen and oxygen atoms in total. The van der Waals surface area contributed by atoms with Crippen LogP contribution in [0.1, 0.15) is 38.3 Å². The highest BCUT2D eigenvalue weighted by molar-refractivity contribution is 6.08. The van der Waals surface area contributed by atoms with Gasteiger partial charge in [-0.05, 0) is 62.6 Å². The van der Waals surface area contributed by atoms with Gasteiger partial charge >= 0.3 is 0 Å². The van der Waals surface area contributed by atoms with E-state index in [-0.39, 0.29) is 18.2 Å². The Bertz CT molecular complexity index is 798. The molecule has 2 aromatic rings. The van der Waals surface area contributed by atoms with E-state index in [0.29, 0.717) is 0 Å². The van der Waals surface area contributed by atoms with E-state index in [2.05, 4.69) is 35.4 Å². The van der Waals surface area contributed by atoms with Gasteiger partial charge in [0.15, 0.2) is 0 Å². The summed E-state index contributed by atoms with van der Waals surface area (Å²) in [4.78, 5) is 26.7. The Balaban J connectivity index is 1.98. The van der Waals surface area contributed by atoms with Crippen LogP contribution in [0.25, 0.3) is 0 Å². The summed E-state index contributed by atoms with van der Waals surface area (Å²) in [5, 5.41) is 5.66. The Hall–Kier alpha value is -2.82. The maximum absolute atomic E-state index is 12.3. The van der Waals surface area contributed by atoms with Crippen LogP contribution in [-0.2, 0) is 16.0 Å². The summed E-state index contributed by atoms with van der Waals surface area (Å²) in [5.41, 5.74) is 4.65. The molecule has 0 aliphatic carbocycles. The maximum Gasteiger partial charge on any atom is 0.233 e. The lowest BCUT2D eigenvalue weighted by Crippen LogP contribution is -2.23. The minimum atomic E-state index is -0.319. The van der Waals surface area contributed by atoms with Crippen molar-refractivity contribution in [1.29, 1.82) is 0 Å². The third-order valence-corrected chi connectivity index (χ3v) is 4.61. The quantitative estimate of drug-likeness (QED) is 0.681. The first kappa shape index (κ1) is 20.5. The molecule has 5 heteroatoms. The minimum absolute atomic E-state index is 0.213. The number of hydrogen-bond donors (Lipinski definition) is 2. The van der Waals surface area contributed by atoms with Crippen LogP contribution in [0, 0.1) is 6.92 Å². The maximum atomic E-state index is 12.3. The van der Waals surface area contributed by atoms with Crippen LogP contribution in [-0.4, -0.2) is 24.9 Å². The predicted molar refractivity (Wildman–Crippen MR) is 112 cm³/mol. The first-order valence-electron chi connectivity index (χ1n) is 9.51. The molecule has 2 rings (SSSR count). The van der Waals surface area contributed by atoms with Crippen LogP contribution in [0.3, 0.4) is 0 Å². The summed E-state index contributed by atoms with van der Waals surface area (Å²) in [5.74, 6) is -0.633. The smallest absolute Gasteiger partial charge is 0.233 e. The Morgan fingerprint density at radius 1 is 0.889 bits per heavy atom. The van der Waals surface area contributed by atoms with Crippen molar-refractivity contribution in [2.24, 2.45) is 0 Å². The number of anilines is 3. The second kappa shape index (κ2) is 9.76. The molecule has 0 aromatic heterocycles. The van der Waals surface area contributed by atoms with Crippen LogP contribution in [0.4, 0.5) is 17.1 Å². The summed E-state index contributed by atoms with van der Waals surface area (Å²) < 4.78 is 0. The van der Waals surface area contributed by atoms with E-state index < -0.39 is 0 Å². The highest BCUT2D eigenvalue weighted by atomic mass is 16.2. The molecule has 0 aliphatic heterocycles. The fourth-order valence-corrected chi connectivity index (χ4v) is 3.06. The predicted octanol–water partition coefficient (Wildman–Crippen LogP) is 4.37. The third kappa shape index (κ3) is 5.58. The lowest BCUT2D eigenvalue weighted by atomic mass is 10.1. The number of aryl methyl sites for hydroxylation is 2. The van der Waals surface area contributed by atoms with Gasteiger partial charge in [0.25, 0.3) is 0 Å². The van der Waals surface area contributed by atoms with Crippen LogP contribution >= 0.6 is 0 Å². The standard InChI is InChI=1S/C22H29N3O2/c1-5-17-10-8-9-11-20(17)24-22(27)15-21(26)23-19-13-12-18(14-16(19)4)25(6-2)7-3/h8-14H,5-7,15H2,1-4H3,(H,23,26)(H,24,27). The molecular formula is C22H29N3O2. The number of nitrogens with one attached hydrogen (secondary N) is 2. The van der Waals surface area contributed by atoms with Gasteiger partial charge in [0.1, 0.15) is 6.42 Å². The van der Waals surface area contributed by atoms with Crippen LogP contribution in [0.15, 0.2) is 42.5 Å². The topological polar surface area (TPSA) is 61.4 Å². The molecule has 144 valence electrons. The zero-order valence-corrected chi connectivity index (χ0v) is 16.6. The molecule has 0 atom stereocenters. The zero-order valence-electron chi connectivity index (χ0n) is 16.6. The Morgan fingerprint density at radius 3 is 2.11 bits per heavy atom. The van der Waals surface area contributed by atoms with Gasteiger partial charge in [0.05, 0.1) is 0 Å². The SMILES string of the molecule is CCc1ccccc1NC(=O)CC(=O)Nc1ccc(N(CC)CC)cc1C. The van der Waals surface area contributed by atoms with Gasteiger partial charge in [-0.2, -0.15) is 0 Å². The molecule has 0 spiro atoms. The molecule has 0 fully saturated rings. The van der Waals surface area contributed by atoms with E-state index in [1.165, 1.54) is 0 Å². The largest absolute Gasteiger partial charge is 0.372 e. The van der Waals surface area contributed by atoms with E-state index in [4.69, 9.17) is 0 Å². The van der Waals surface area contributed by atoms with Gasteiger partial charge in [-0.1, -0.05) is 25.1 Å². The van der Waals surface area contributed by atoms with Crippen LogP contribution < -0.4 is 15.5 Å². The molecular weight excluding hydrogens is 338 g/mol. The van der Waals surface area contributed by atoms with Crippen LogP contribution in [0.5, 0.6) is 0 Å². The number of carbonyl (C=O) groups is 2. The third-order valence-electron chi connectivity index (χ3n) is 4.61. The number of amides is 2. The highest BCUT2D eigenvalue weighted by Gasteiger charge is 2.13. The molecule has 0 radical (unpaired) electrons. The van der Waals surface area contributed by atoms with Crippen molar-refractivity contribution in [3.8, 4) is 0 Å². The number of nitrogens with zero attached hydrogens (tertiary/aromatic N) is 1. The second-order valence-corrected chi connectivity index (χ2v) is 6.46. The van der Waals surface area contributed by atoms with Gasteiger partial charge in [0, 0.05) is 30.2 Å². The molecule has 2 amide bonds. The fourth-order valence-electron chi connectivity index (χ4n) is 3.06. The monoisotopic (exact) mass is 367 g/mol. The number of carbonyl (C=O) groups excluding carboxylic acids is 2. The first-order valence-corrected chi connectivity index (χ1v) is 9.51. The number of benzene rings is 2. The lowest BCUT2D eigenvalue weighted by Gasteiger charge is -2.22. The van der Waals surface area contributed by atoms with E-state index in [9.17, 15) is 9.59 Å². The Kier molecular flexibility index (Phi) is 7.41. The van der Waals surface area contributed by atoms with Gasteiger partial charge in [0.2, 0.25) is 11.8 Å². The first-order chi connectivity index (χ1) is 13.0. The van der Waals surface area contributed by atoms with Crippen molar-refractivity contribution in [3.63, 3.8) is 0 Å². The number of rotatable bonds is 8. The second-order valence-electron chi connectivity index (χ2n) is 6.46. The van der Waals surface area contributed by atoms with Crippen molar-refractivity contribution in [2.75, 3.05) is 28.6 Å². The van der Waals surface area contributed by atoms with E-state index in [0.717, 1.165) is 47.7 Å². The average molecular weight is 367 g/mol. The Morgan fingerprint density at radius 2 is 1.52 bits per heavy atom. The number of hydrogen-bond acceptors (Lipinski definition) is 3. The zero-order chi connectivity index (χ0) is 19.8. The lowest BCUT2D eigenvalue weighted by molar-refractivity contribution is -0.123. The molecule has 2 N–H and O–H groups in total. The van der Waals surface area contributed by atoms with Crippen molar-refractivity contribution in [3.05, 3.63) is 53.6 Å². The van der Waals surface area contributed by atoms with Crippen molar-refractivity contribution in [1.82, 2.24) is 0 Å². The molecule has 0 bridgehead atoms.